The highest BCUT2D eigenvalue weighted by Crippen LogP contribution is 2.36. The number of halogens is 5. The number of nitrogens with zero attached hydrogens (tertiary/aromatic N) is 5. The molecule has 3 heterocycles. The van der Waals surface area contributed by atoms with E-state index in [2.05, 4.69) is 25.4 Å². The van der Waals surface area contributed by atoms with Crippen molar-refractivity contribution in [1.29, 1.82) is 0 Å². The maximum Gasteiger partial charge on any atom is 0.416 e. The average molecular weight is 443 g/mol. The summed E-state index contributed by atoms with van der Waals surface area (Å²) in [4.78, 5) is 12.4. The van der Waals surface area contributed by atoms with Crippen molar-refractivity contribution in [3.8, 4) is 5.82 Å². The van der Waals surface area contributed by atoms with E-state index in [4.69, 9.17) is 27.6 Å². The van der Waals surface area contributed by atoms with E-state index < -0.39 is 17.8 Å². The Morgan fingerprint density at radius 2 is 1.97 bits per heavy atom. The van der Waals surface area contributed by atoms with Crippen molar-refractivity contribution < 1.29 is 17.6 Å². The van der Waals surface area contributed by atoms with Crippen LogP contribution in [-0.2, 0) is 6.18 Å². The lowest BCUT2D eigenvalue weighted by molar-refractivity contribution is -0.137. The SMILES string of the molecule is C[C@H](Nc1nc2cc(C(F)(F)F)cc(Cl)c2o1)c1ncnn1-c1ccc(Cl)cn1. The fourth-order valence-electron chi connectivity index (χ4n) is 2.68. The zero-order valence-corrected chi connectivity index (χ0v) is 16.1. The summed E-state index contributed by atoms with van der Waals surface area (Å²) >= 11 is 11.8. The molecule has 0 fully saturated rings. The summed E-state index contributed by atoms with van der Waals surface area (Å²) in [5.74, 6) is 0.968. The number of alkyl halides is 3. The van der Waals surface area contributed by atoms with Gasteiger partial charge in [-0.1, -0.05) is 23.2 Å². The lowest BCUT2D eigenvalue weighted by Crippen LogP contribution is -2.14. The summed E-state index contributed by atoms with van der Waals surface area (Å²) in [6.07, 6.45) is -1.72. The van der Waals surface area contributed by atoms with Gasteiger partial charge in [-0.25, -0.2) is 9.97 Å². The summed E-state index contributed by atoms with van der Waals surface area (Å²) in [6.45, 7) is 1.76. The van der Waals surface area contributed by atoms with Gasteiger partial charge < -0.3 is 9.73 Å². The predicted octanol–water partition coefficient (Wildman–Crippen LogP) is 5.30. The predicted molar refractivity (Wildman–Crippen MR) is 100 cm³/mol. The minimum Gasteiger partial charge on any atom is -0.422 e. The van der Waals surface area contributed by atoms with Crippen molar-refractivity contribution in [2.45, 2.75) is 19.1 Å². The lowest BCUT2D eigenvalue weighted by atomic mass is 10.2. The lowest BCUT2D eigenvalue weighted by Gasteiger charge is -2.12. The van der Waals surface area contributed by atoms with Gasteiger partial charge in [0, 0.05) is 6.20 Å². The normalized spacial score (nSPS) is 13.0. The van der Waals surface area contributed by atoms with Crippen LogP contribution in [-0.4, -0.2) is 24.7 Å². The van der Waals surface area contributed by atoms with Crippen LogP contribution in [0.5, 0.6) is 0 Å². The molecule has 0 saturated heterocycles. The molecule has 1 atom stereocenters. The third kappa shape index (κ3) is 3.85. The first kappa shape index (κ1) is 19.5. The van der Waals surface area contributed by atoms with Gasteiger partial charge >= 0.3 is 6.18 Å². The Morgan fingerprint density at radius 3 is 2.66 bits per heavy atom. The number of benzene rings is 1. The van der Waals surface area contributed by atoms with Crippen molar-refractivity contribution in [3.63, 3.8) is 0 Å². The summed E-state index contributed by atoms with van der Waals surface area (Å²) < 4.78 is 45.9. The second-order valence-corrected chi connectivity index (χ2v) is 6.90. The van der Waals surface area contributed by atoms with Gasteiger partial charge in [0.2, 0.25) is 0 Å². The molecule has 0 amide bonds. The van der Waals surface area contributed by atoms with Gasteiger partial charge in [0.25, 0.3) is 6.01 Å². The maximum atomic E-state index is 13.0. The van der Waals surface area contributed by atoms with E-state index in [1.807, 2.05) is 0 Å². The van der Waals surface area contributed by atoms with Gasteiger partial charge in [-0.15, -0.1) is 0 Å². The molecule has 150 valence electrons. The first-order chi connectivity index (χ1) is 13.7. The highest BCUT2D eigenvalue weighted by molar-refractivity contribution is 6.34. The van der Waals surface area contributed by atoms with Gasteiger partial charge in [-0.05, 0) is 31.2 Å². The van der Waals surface area contributed by atoms with Crippen molar-refractivity contribution >= 4 is 40.3 Å². The Labute approximate surface area is 171 Å². The molecule has 0 aliphatic heterocycles. The molecule has 1 aromatic carbocycles. The molecule has 29 heavy (non-hydrogen) atoms. The Bertz CT molecular complexity index is 1170. The Morgan fingerprint density at radius 1 is 1.17 bits per heavy atom. The molecule has 4 aromatic rings. The number of fused-ring (bicyclic) bond motifs is 1. The van der Waals surface area contributed by atoms with E-state index in [0.29, 0.717) is 16.7 Å². The standard InChI is InChI=1S/C17H11Cl2F3N6O/c1-8(15-24-7-25-28(15)13-3-2-10(18)6-23-13)26-16-27-12-5-9(17(20,21)22)4-11(19)14(12)29-16/h2-8H,1H3,(H,26,27)/t8-/m0/s1. The number of hydrogen-bond donors (Lipinski definition) is 1. The van der Waals surface area contributed by atoms with Crippen LogP contribution in [0, 0.1) is 0 Å². The summed E-state index contributed by atoms with van der Waals surface area (Å²) in [7, 11) is 0. The van der Waals surface area contributed by atoms with Crippen LogP contribution in [0.2, 0.25) is 10.0 Å². The molecule has 4 rings (SSSR count). The van der Waals surface area contributed by atoms with E-state index in [9.17, 15) is 13.2 Å². The van der Waals surface area contributed by atoms with Crippen molar-refractivity contribution in [3.05, 3.63) is 58.2 Å². The second kappa shape index (κ2) is 7.20. The minimum atomic E-state index is -4.54. The number of oxazole rings is 1. The van der Waals surface area contributed by atoms with Gasteiger partial charge in [-0.3, -0.25) is 0 Å². The molecule has 7 nitrogen and oxygen atoms in total. The van der Waals surface area contributed by atoms with E-state index in [-0.39, 0.29) is 22.1 Å². The van der Waals surface area contributed by atoms with Crippen LogP contribution in [0.15, 0.2) is 41.2 Å². The summed E-state index contributed by atoms with van der Waals surface area (Å²) in [5, 5.41) is 7.37. The molecular weight excluding hydrogens is 432 g/mol. The smallest absolute Gasteiger partial charge is 0.416 e. The van der Waals surface area contributed by atoms with E-state index in [1.165, 1.54) is 17.2 Å². The number of anilines is 1. The number of aromatic nitrogens is 5. The molecule has 0 bridgehead atoms. The molecule has 0 radical (unpaired) electrons. The van der Waals surface area contributed by atoms with Crippen LogP contribution in [0.1, 0.15) is 24.4 Å². The Hall–Kier alpha value is -2.85. The topological polar surface area (TPSA) is 81.7 Å². The van der Waals surface area contributed by atoms with Crippen LogP contribution < -0.4 is 5.32 Å². The second-order valence-electron chi connectivity index (χ2n) is 6.05. The average Bonchev–Trinajstić information content (AvgIpc) is 3.28. The molecule has 12 heteroatoms. The number of rotatable bonds is 4. The quantitative estimate of drug-likeness (QED) is 0.461. The fourth-order valence-corrected chi connectivity index (χ4v) is 3.05. The molecular formula is C17H11Cl2F3N6O. The minimum absolute atomic E-state index is 0.00709. The number of pyridine rings is 1. The zero-order chi connectivity index (χ0) is 20.8. The van der Waals surface area contributed by atoms with Gasteiger partial charge in [0.1, 0.15) is 11.8 Å². The molecule has 0 saturated carbocycles. The van der Waals surface area contributed by atoms with Crippen molar-refractivity contribution in [2.24, 2.45) is 0 Å². The third-order valence-electron chi connectivity index (χ3n) is 4.00. The van der Waals surface area contributed by atoms with Gasteiger partial charge in [0.15, 0.2) is 17.2 Å². The maximum absolute atomic E-state index is 13.0. The van der Waals surface area contributed by atoms with Crippen molar-refractivity contribution in [1.82, 2.24) is 24.7 Å². The molecule has 0 spiro atoms. The Kier molecular flexibility index (Phi) is 4.83. The summed E-state index contributed by atoms with van der Waals surface area (Å²) in [5.41, 5.74) is -0.869. The molecule has 1 N–H and O–H groups in total. The highest BCUT2D eigenvalue weighted by Gasteiger charge is 2.32. The van der Waals surface area contributed by atoms with Crippen LogP contribution in [0.4, 0.5) is 19.2 Å². The van der Waals surface area contributed by atoms with Crippen LogP contribution in [0.3, 0.4) is 0 Å². The first-order valence-corrected chi connectivity index (χ1v) is 8.93. The van der Waals surface area contributed by atoms with Gasteiger partial charge in [-0.2, -0.15) is 27.9 Å². The van der Waals surface area contributed by atoms with Crippen molar-refractivity contribution in [2.75, 3.05) is 5.32 Å². The monoisotopic (exact) mass is 442 g/mol. The summed E-state index contributed by atoms with van der Waals surface area (Å²) in [6, 6.07) is 4.53. The van der Waals surface area contributed by atoms with Gasteiger partial charge in [0.05, 0.1) is 21.7 Å². The number of nitrogens with one attached hydrogen (secondary N) is 1. The van der Waals surface area contributed by atoms with Crippen LogP contribution >= 0.6 is 23.2 Å². The van der Waals surface area contributed by atoms with E-state index in [1.54, 1.807) is 19.1 Å². The third-order valence-corrected chi connectivity index (χ3v) is 4.51. The van der Waals surface area contributed by atoms with E-state index in [0.717, 1.165) is 12.1 Å². The zero-order valence-electron chi connectivity index (χ0n) is 14.6. The molecule has 3 aromatic heterocycles. The number of hydrogen-bond acceptors (Lipinski definition) is 6. The first-order valence-electron chi connectivity index (χ1n) is 8.18. The van der Waals surface area contributed by atoms with E-state index >= 15 is 0 Å². The molecule has 0 aliphatic rings. The molecule has 0 aliphatic carbocycles. The van der Waals surface area contributed by atoms with Crippen LogP contribution in [0.25, 0.3) is 16.9 Å². The largest absolute Gasteiger partial charge is 0.422 e. The fraction of sp³-hybridized carbons (Fsp3) is 0.176. The molecule has 0 unspecified atom stereocenters. The Balaban J connectivity index is 1.63. The highest BCUT2D eigenvalue weighted by atomic mass is 35.5.